The van der Waals surface area contributed by atoms with Crippen LogP contribution in [0.2, 0.25) is 4.34 Å². The third kappa shape index (κ3) is 6.95. The average Bonchev–Trinajstić information content (AvgIpc) is 3.61. The van der Waals surface area contributed by atoms with Crippen molar-refractivity contribution in [2.45, 2.75) is 38.5 Å². The molecule has 37 heavy (non-hydrogen) atoms. The second-order valence-electron chi connectivity index (χ2n) is 8.54. The number of hydrogen-bond donors (Lipinski definition) is 2. The summed E-state index contributed by atoms with van der Waals surface area (Å²) in [5.41, 5.74) is 0.386. The third-order valence-electron chi connectivity index (χ3n) is 6.07. The molecule has 3 amide bonds. The number of nitrogens with zero attached hydrogens (tertiary/aromatic N) is 2. The Labute approximate surface area is 221 Å². The first-order valence-corrected chi connectivity index (χ1v) is 13.0. The van der Waals surface area contributed by atoms with E-state index < -0.39 is 18.6 Å². The number of halogens is 3. The predicted molar refractivity (Wildman–Crippen MR) is 136 cm³/mol. The molecule has 1 aromatic heterocycles. The number of carbonyl (C=O) groups excluding carboxylic acids is 3. The molecule has 1 atom stereocenters. The number of likely N-dealkylation sites (N-methyl/N-ethyl adjacent to an activating group) is 1. The van der Waals surface area contributed by atoms with Crippen molar-refractivity contribution in [3.8, 4) is 5.75 Å². The Morgan fingerprint density at radius 2 is 2.08 bits per heavy atom. The van der Waals surface area contributed by atoms with E-state index in [4.69, 9.17) is 16.3 Å². The summed E-state index contributed by atoms with van der Waals surface area (Å²) in [6, 6.07) is 6.92. The lowest BCUT2D eigenvalue weighted by Crippen LogP contribution is -2.51. The van der Waals surface area contributed by atoms with E-state index in [1.165, 1.54) is 17.0 Å². The van der Waals surface area contributed by atoms with Crippen LogP contribution in [-0.2, 0) is 14.3 Å². The molecule has 2 fully saturated rings. The summed E-state index contributed by atoms with van der Waals surface area (Å²) in [6.45, 7) is -0.186. The highest BCUT2D eigenvalue weighted by atomic mass is 35.5. The van der Waals surface area contributed by atoms with Crippen LogP contribution in [0.1, 0.15) is 29.4 Å². The van der Waals surface area contributed by atoms with Gasteiger partial charge in [0.25, 0.3) is 11.8 Å². The summed E-state index contributed by atoms with van der Waals surface area (Å²) in [5, 5.41) is 5.47. The summed E-state index contributed by atoms with van der Waals surface area (Å²) in [6.07, 6.45) is 1.85. The lowest BCUT2D eigenvalue weighted by Gasteiger charge is -2.30. The number of ether oxygens (including phenoxy) is 2. The van der Waals surface area contributed by atoms with E-state index in [9.17, 15) is 23.2 Å². The maximum absolute atomic E-state index is 13.4. The zero-order valence-electron chi connectivity index (χ0n) is 20.0. The first kappa shape index (κ1) is 27.2. The molecule has 0 radical (unpaired) electrons. The normalized spacial score (nSPS) is 16.7. The molecule has 0 bridgehead atoms. The Balaban J connectivity index is 1.53. The van der Waals surface area contributed by atoms with Crippen LogP contribution in [0.15, 0.2) is 30.3 Å². The molecular formula is C24H27ClF2N4O5S. The number of rotatable bonds is 11. The van der Waals surface area contributed by atoms with Gasteiger partial charge >= 0.3 is 6.61 Å². The van der Waals surface area contributed by atoms with Crippen molar-refractivity contribution in [1.82, 2.24) is 10.2 Å². The lowest BCUT2D eigenvalue weighted by atomic mass is 10.1. The molecule has 1 aliphatic heterocycles. The fraction of sp³-hybridized carbons (Fsp3) is 0.458. The van der Waals surface area contributed by atoms with Crippen LogP contribution in [0.5, 0.6) is 5.75 Å². The fourth-order valence-corrected chi connectivity index (χ4v) is 5.15. The Hall–Kier alpha value is -2.80. The Morgan fingerprint density at radius 3 is 2.70 bits per heavy atom. The van der Waals surface area contributed by atoms with Gasteiger partial charge in [-0.15, -0.1) is 11.3 Å². The van der Waals surface area contributed by atoms with Gasteiger partial charge in [0.05, 0.1) is 21.5 Å². The van der Waals surface area contributed by atoms with E-state index in [0.717, 1.165) is 24.2 Å². The van der Waals surface area contributed by atoms with Gasteiger partial charge < -0.3 is 25.0 Å². The third-order valence-corrected chi connectivity index (χ3v) is 7.30. The molecule has 2 aromatic rings. The summed E-state index contributed by atoms with van der Waals surface area (Å²) in [4.78, 5) is 42.0. The highest BCUT2D eigenvalue weighted by molar-refractivity contribution is 7.18. The molecule has 2 heterocycles. The van der Waals surface area contributed by atoms with E-state index in [1.807, 2.05) is 11.8 Å². The molecule has 1 saturated carbocycles. The fourth-order valence-electron chi connectivity index (χ4n) is 4.20. The smallest absolute Gasteiger partial charge is 0.387 e. The quantitative estimate of drug-likeness (QED) is 0.439. The number of hydrogen-bond acceptors (Lipinski definition) is 7. The number of morpholine rings is 1. The van der Waals surface area contributed by atoms with Crippen LogP contribution in [0.3, 0.4) is 0 Å². The van der Waals surface area contributed by atoms with Crippen molar-refractivity contribution < 1.29 is 32.6 Å². The van der Waals surface area contributed by atoms with Crippen LogP contribution in [-0.4, -0.2) is 74.2 Å². The van der Waals surface area contributed by atoms with Gasteiger partial charge in [-0.3, -0.25) is 19.3 Å². The molecule has 1 saturated heterocycles. The summed E-state index contributed by atoms with van der Waals surface area (Å²) >= 11 is 7.05. The molecule has 2 aliphatic rings. The molecule has 200 valence electrons. The van der Waals surface area contributed by atoms with Crippen molar-refractivity contribution in [2.24, 2.45) is 0 Å². The van der Waals surface area contributed by atoms with E-state index >= 15 is 0 Å². The van der Waals surface area contributed by atoms with Gasteiger partial charge in [0.1, 0.15) is 12.6 Å². The molecule has 9 nitrogen and oxygen atoms in total. The predicted octanol–water partition coefficient (Wildman–Crippen LogP) is 3.59. The van der Waals surface area contributed by atoms with Gasteiger partial charge in [0, 0.05) is 30.9 Å². The molecule has 1 aromatic carbocycles. The summed E-state index contributed by atoms with van der Waals surface area (Å²) in [7, 11) is 0. The van der Waals surface area contributed by atoms with Crippen LogP contribution in [0.25, 0.3) is 0 Å². The van der Waals surface area contributed by atoms with Crippen LogP contribution < -0.4 is 20.3 Å². The summed E-state index contributed by atoms with van der Waals surface area (Å²) < 4.78 is 36.7. The van der Waals surface area contributed by atoms with Gasteiger partial charge in [0.15, 0.2) is 5.75 Å². The standard InChI is InChI=1S/C24H27ClF2N4O5S/c1-2-30(14-3-4-14)17(12-28-23(34)19-7-8-20(25)37-19)22(33)29-16-6-5-15(11-18(16)36-24(26)27)31-9-10-35-13-21(31)32/h5-8,11,14,17,24H,2-4,9-10,12-13H2,1H3,(H,28,34)(H,29,33)/t17-/m1/s1. The average molecular weight is 557 g/mol. The van der Waals surface area contributed by atoms with Crippen LogP contribution in [0.4, 0.5) is 20.2 Å². The molecule has 4 rings (SSSR count). The van der Waals surface area contributed by atoms with Crippen molar-refractivity contribution in [3.63, 3.8) is 0 Å². The van der Waals surface area contributed by atoms with Crippen molar-refractivity contribution >= 4 is 52.0 Å². The monoisotopic (exact) mass is 556 g/mol. The maximum Gasteiger partial charge on any atom is 0.387 e. The zero-order valence-corrected chi connectivity index (χ0v) is 21.6. The van der Waals surface area contributed by atoms with E-state index in [-0.39, 0.29) is 49.0 Å². The Kier molecular flexibility index (Phi) is 8.95. The highest BCUT2D eigenvalue weighted by Gasteiger charge is 2.37. The lowest BCUT2D eigenvalue weighted by molar-refractivity contribution is -0.125. The molecule has 0 unspecified atom stereocenters. The molecule has 1 aliphatic carbocycles. The Bertz CT molecular complexity index is 1150. The van der Waals surface area contributed by atoms with E-state index in [0.29, 0.717) is 28.1 Å². The zero-order chi connectivity index (χ0) is 26.5. The van der Waals surface area contributed by atoms with Gasteiger partial charge in [-0.05, 0) is 43.7 Å². The number of thiophene rings is 1. The van der Waals surface area contributed by atoms with Crippen molar-refractivity contribution in [1.29, 1.82) is 0 Å². The topological polar surface area (TPSA) is 100 Å². The van der Waals surface area contributed by atoms with Gasteiger partial charge in [-0.2, -0.15) is 8.78 Å². The molecular weight excluding hydrogens is 530 g/mol. The SMILES string of the molecule is CCN(C1CC1)[C@H](CNC(=O)c1ccc(Cl)s1)C(=O)Nc1ccc(N2CCOCC2=O)cc1OC(F)F. The second-order valence-corrected chi connectivity index (χ2v) is 10.3. The molecule has 0 spiro atoms. The number of alkyl halides is 2. The second kappa shape index (κ2) is 12.2. The number of nitrogens with one attached hydrogen (secondary N) is 2. The first-order chi connectivity index (χ1) is 17.8. The minimum absolute atomic E-state index is 0.00985. The van der Waals surface area contributed by atoms with Crippen LogP contribution in [0, 0.1) is 0 Å². The van der Waals surface area contributed by atoms with Gasteiger partial charge in [-0.25, -0.2) is 0 Å². The number of amides is 3. The van der Waals surface area contributed by atoms with Gasteiger partial charge in [-0.1, -0.05) is 18.5 Å². The minimum Gasteiger partial charge on any atom is -0.433 e. The Morgan fingerprint density at radius 1 is 1.30 bits per heavy atom. The highest BCUT2D eigenvalue weighted by Crippen LogP contribution is 2.33. The van der Waals surface area contributed by atoms with Gasteiger partial charge in [0.2, 0.25) is 5.91 Å². The minimum atomic E-state index is -3.14. The van der Waals surface area contributed by atoms with Crippen LogP contribution >= 0.6 is 22.9 Å². The van der Waals surface area contributed by atoms with E-state index in [2.05, 4.69) is 15.4 Å². The number of anilines is 2. The van der Waals surface area contributed by atoms with Crippen molar-refractivity contribution in [2.75, 3.05) is 43.1 Å². The number of carbonyl (C=O) groups is 3. The molecule has 13 heteroatoms. The first-order valence-electron chi connectivity index (χ1n) is 11.8. The largest absolute Gasteiger partial charge is 0.433 e. The number of benzene rings is 1. The molecule has 2 N–H and O–H groups in total. The maximum atomic E-state index is 13.4. The summed E-state index contributed by atoms with van der Waals surface area (Å²) in [5.74, 6) is -1.42. The van der Waals surface area contributed by atoms with E-state index in [1.54, 1.807) is 18.2 Å². The van der Waals surface area contributed by atoms with Crippen molar-refractivity contribution in [3.05, 3.63) is 39.5 Å².